The Kier molecular flexibility index (Phi) is 9.16. The minimum absolute atomic E-state index is 0.0617. The monoisotopic (exact) mass is 694 g/mol. The molecule has 0 saturated carbocycles. The number of benzene rings is 1. The summed E-state index contributed by atoms with van der Waals surface area (Å²) in [4.78, 5) is 52.7. The van der Waals surface area contributed by atoms with Crippen LogP contribution in [0.1, 0.15) is 44.0 Å². The molecular weight excluding hydrogens is 660 g/mol. The lowest BCUT2D eigenvalue weighted by atomic mass is 9.84. The molecule has 0 spiro atoms. The minimum atomic E-state index is -5.02. The van der Waals surface area contributed by atoms with Gasteiger partial charge in [0.05, 0.1) is 5.54 Å². The van der Waals surface area contributed by atoms with Crippen LogP contribution in [0.15, 0.2) is 33.7 Å². The van der Waals surface area contributed by atoms with Gasteiger partial charge in [-0.3, -0.25) is 19.1 Å². The summed E-state index contributed by atoms with van der Waals surface area (Å²) in [5, 5.41) is 21.5. The van der Waals surface area contributed by atoms with Gasteiger partial charge >= 0.3 is 16.4 Å². The van der Waals surface area contributed by atoms with E-state index in [0.717, 1.165) is 35.6 Å². The Morgan fingerprint density at radius 3 is 2.64 bits per heavy atom. The first kappa shape index (κ1) is 34.0. The molecule has 2 saturated heterocycles. The van der Waals surface area contributed by atoms with Gasteiger partial charge in [-0.2, -0.15) is 13.5 Å². The number of thiazole rings is 1. The van der Waals surface area contributed by atoms with E-state index < -0.39 is 57.2 Å². The van der Waals surface area contributed by atoms with Crippen molar-refractivity contribution in [2.45, 2.75) is 56.9 Å². The third-order valence-electron chi connectivity index (χ3n) is 8.15. The van der Waals surface area contributed by atoms with Crippen LogP contribution in [-0.2, 0) is 40.3 Å². The number of aromatic nitrogens is 1. The highest BCUT2D eigenvalue weighted by Crippen LogP contribution is 2.35. The zero-order valence-corrected chi connectivity index (χ0v) is 27.1. The molecule has 8 N–H and O–H groups in total. The van der Waals surface area contributed by atoms with Gasteiger partial charge in [0.2, 0.25) is 0 Å². The number of carboxylic acid groups (broad SMARTS) is 1. The lowest BCUT2D eigenvalue weighted by Crippen LogP contribution is -2.76. The van der Waals surface area contributed by atoms with Crippen LogP contribution in [0, 0.1) is 5.92 Å². The predicted octanol–water partition coefficient (Wildman–Crippen LogP) is -0.552. The molecule has 2 fully saturated rings. The first-order valence-corrected chi connectivity index (χ1v) is 16.6. The fourth-order valence-electron chi connectivity index (χ4n) is 5.13. The Labute approximate surface area is 273 Å². The van der Waals surface area contributed by atoms with Crippen molar-refractivity contribution in [2.24, 2.45) is 21.8 Å². The van der Waals surface area contributed by atoms with Crippen molar-refractivity contribution in [3.8, 4) is 5.75 Å². The molecule has 0 unspecified atom stereocenters. The van der Waals surface area contributed by atoms with Crippen molar-refractivity contribution >= 4 is 56.2 Å². The van der Waals surface area contributed by atoms with Crippen LogP contribution >= 0.6 is 11.3 Å². The molecule has 3 aliphatic heterocycles. The number of rotatable bonds is 12. The highest BCUT2D eigenvalue weighted by atomic mass is 32.3. The Morgan fingerprint density at radius 1 is 1.34 bits per heavy atom. The fourth-order valence-corrected chi connectivity index (χ4v) is 6.13. The summed E-state index contributed by atoms with van der Waals surface area (Å²) in [6, 6.07) is 3.93. The fraction of sp³-hybridized carbons (Fsp3) is 0.481. The lowest BCUT2D eigenvalue weighted by molar-refractivity contribution is -0.218. The first-order valence-electron chi connectivity index (χ1n) is 14.3. The number of carboxylic acids is 1. The summed E-state index contributed by atoms with van der Waals surface area (Å²) in [5.41, 5.74) is 9.34. The molecular formula is C27H34N8O10S2. The highest BCUT2D eigenvalue weighted by Gasteiger charge is 2.58. The second-order valence-corrected chi connectivity index (χ2v) is 13.8. The standard InChI is InChI=1S/C27H34N8O10S2/c1-26(2)20(23(37)35(26)45-47(40,41)42)33-22(36)19(16-12-46-25(29)32-16)34-44-27(3,24(38)39)18-7-5-14-8-15(4-6-17(14)43-18)21(28)31-11-13-9-30-10-13/h4,6,8,12-13,18,20,30H,5,7,9-11H2,1-3H3,(H2,28,31)(H2,29,32)(H,33,36)(H,38,39)(H,40,41,42)/b34-19-/t18-,20-,27+/m1/s1. The van der Waals surface area contributed by atoms with E-state index in [1.54, 1.807) is 12.1 Å². The van der Waals surface area contributed by atoms with Crippen LogP contribution < -0.4 is 26.8 Å². The molecule has 0 radical (unpaired) electrons. The molecule has 4 heterocycles. The summed E-state index contributed by atoms with van der Waals surface area (Å²) < 4.78 is 41.7. The maximum absolute atomic E-state index is 13.4. The summed E-state index contributed by atoms with van der Waals surface area (Å²) in [5.74, 6) is -2.16. The lowest BCUT2D eigenvalue weighted by Gasteiger charge is -2.50. The normalized spacial score (nSPS) is 22.6. The number of carbonyl (C=O) groups excluding carboxylic acids is 2. The van der Waals surface area contributed by atoms with Gasteiger partial charge < -0.3 is 36.8 Å². The van der Waals surface area contributed by atoms with E-state index in [4.69, 9.17) is 25.6 Å². The number of aliphatic imine (C=N–C) groups is 1. The average Bonchev–Trinajstić information content (AvgIpc) is 3.41. The number of hydrogen-bond donors (Lipinski definition) is 6. The van der Waals surface area contributed by atoms with Crippen LogP contribution in [0.3, 0.4) is 0 Å². The Hall–Kier alpha value is -4.37. The number of amidine groups is 1. The van der Waals surface area contributed by atoms with Crippen LogP contribution in [0.5, 0.6) is 5.75 Å². The molecule has 47 heavy (non-hydrogen) atoms. The van der Waals surface area contributed by atoms with E-state index in [0.29, 0.717) is 35.5 Å². The Balaban J connectivity index is 1.34. The van der Waals surface area contributed by atoms with E-state index in [-0.39, 0.29) is 17.2 Å². The van der Waals surface area contributed by atoms with Gasteiger partial charge in [-0.05, 0) is 57.4 Å². The molecule has 254 valence electrons. The van der Waals surface area contributed by atoms with E-state index in [2.05, 4.69) is 30.0 Å². The van der Waals surface area contributed by atoms with Crippen molar-refractivity contribution in [3.63, 3.8) is 0 Å². The Morgan fingerprint density at radius 2 is 2.06 bits per heavy atom. The van der Waals surface area contributed by atoms with E-state index >= 15 is 0 Å². The number of nitrogens with two attached hydrogens (primary N) is 2. The van der Waals surface area contributed by atoms with Gasteiger partial charge in [0.15, 0.2) is 16.9 Å². The van der Waals surface area contributed by atoms with Crippen molar-refractivity contribution in [1.29, 1.82) is 0 Å². The number of hydroxylamine groups is 2. The first-order chi connectivity index (χ1) is 22.0. The molecule has 0 bridgehead atoms. The number of β-lactam (4-membered cyclic amide) rings is 1. The van der Waals surface area contributed by atoms with E-state index in [9.17, 15) is 27.9 Å². The van der Waals surface area contributed by atoms with Crippen LogP contribution in [-0.4, -0.2) is 100 Å². The number of fused-ring (bicyclic) bond motifs is 1. The zero-order valence-electron chi connectivity index (χ0n) is 25.5. The number of aliphatic carboxylic acids is 1. The number of oxime groups is 1. The molecule has 1 aromatic carbocycles. The minimum Gasteiger partial charge on any atom is -0.485 e. The second-order valence-electron chi connectivity index (χ2n) is 11.9. The number of amides is 2. The van der Waals surface area contributed by atoms with Gasteiger partial charge in [-0.15, -0.1) is 15.6 Å². The molecule has 3 atom stereocenters. The number of nitrogens with zero attached hydrogens (tertiary/aromatic N) is 4. The predicted molar refractivity (Wildman–Crippen MR) is 167 cm³/mol. The highest BCUT2D eigenvalue weighted by molar-refractivity contribution is 7.80. The number of carbonyl (C=O) groups is 3. The molecule has 18 nitrogen and oxygen atoms in total. The molecule has 20 heteroatoms. The largest absolute Gasteiger partial charge is 0.485 e. The van der Waals surface area contributed by atoms with E-state index in [1.807, 2.05) is 6.07 Å². The molecule has 1 aromatic heterocycles. The van der Waals surface area contributed by atoms with Gasteiger partial charge in [0, 0.05) is 36.5 Å². The van der Waals surface area contributed by atoms with Crippen molar-refractivity contribution < 1.29 is 46.3 Å². The molecule has 5 rings (SSSR count). The van der Waals surface area contributed by atoms with Crippen LogP contribution in [0.4, 0.5) is 5.13 Å². The topological polar surface area (TPSA) is 270 Å². The maximum Gasteiger partial charge on any atom is 0.418 e. The summed E-state index contributed by atoms with van der Waals surface area (Å²) in [6.07, 6.45) is -0.429. The van der Waals surface area contributed by atoms with Gasteiger partial charge in [-0.25, -0.2) is 9.78 Å². The van der Waals surface area contributed by atoms with E-state index in [1.165, 1.54) is 26.2 Å². The van der Waals surface area contributed by atoms with Crippen LogP contribution in [0.25, 0.3) is 0 Å². The van der Waals surface area contributed by atoms with Gasteiger partial charge in [0.1, 0.15) is 23.3 Å². The summed E-state index contributed by atoms with van der Waals surface area (Å²) >= 11 is 0.967. The number of nitrogen functional groups attached to an aromatic ring is 1. The average molecular weight is 695 g/mol. The SMILES string of the molecule is CC1(C)[C@H](NC(=O)/C(=N\O[C@](C)(C(=O)O)[C@H]2CCc3cc(C(N)=NCC4CNC4)ccc3O2)c2csc(N)n2)C(=O)N1OS(=O)(=O)O. The molecule has 3 aliphatic rings. The van der Waals surface area contributed by atoms with Crippen molar-refractivity contribution in [1.82, 2.24) is 20.7 Å². The smallest absolute Gasteiger partial charge is 0.418 e. The number of anilines is 1. The quantitative estimate of drug-likeness (QED) is 0.0535. The number of aryl methyl sites for hydroxylation is 1. The Bertz CT molecular complexity index is 1760. The summed E-state index contributed by atoms with van der Waals surface area (Å²) in [7, 11) is -5.02. The zero-order chi connectivity index (χ0) is 34.3. The molecule has 2 amide bonds. The summed E-state index contributed by atoms with van der Waals surface area (Å²) in [6.45, 7) is 6.41. The second kappa shape index (κ2) is 12.7. The third kappa shape index (κ3) is 7.00. The van der Waals surface area contributed by atoms with Crippen molar-refractivity contribution in [3.05, 3.63) is 40.4 Å². The van der Waals surface area contributed by atoms with Crippen LogP contribution in [0.2, 0.25) is 0 Å². The number of nitrogens with one attached hydrogen (secondary N) is 2. The molecule has 2 aromatic rings. The number of ether oxygens (including phenoxy) is 1. The number of hydrogen-bond acceptors (Lipinski definition) is 14. The molecule has 0 aliphatic carbocycles. The van der Waals surface area contributed by atoms with Gasteiger partial charge in [-0.1, -0.05) is 5.16 Å². The van der Waals surface area contributed by atoms with Gasteiger partial charge in [0.25, 0.3) is 17.4 Å². The third-order valence-corrected chi connectivity index (χ3v) is 9.16. The van der Waals surface area contributed by atoms with Crippen molar-refractivity contribution in [2.75, 3.05) is 25.4 Å². The maximum atomic E-state index is 13.4.